The standard InChI is InChI=1S/C29H31N5O2/c1-6-26-30-17-15-24(34-26)23-8-7-16-31-27(23)36-25-14-13-22(18-19(25)2)33-28(35)32-21-11-9-20(10-12-21)29(3,4)5/h7-18H,6H2,1-5H3,(H2,32,33,35). The van der Waals surface area contributed by atoms with Gasteiger partial charge in [0.1, 0.15) is 11.6 Å². The van der Waals surface area contributed by atoms with Crippen molar-refractivity contribution in [3.8, 4) is 22.9 Å². The van der Waals surface area contributed by atoms with Gasteiger partial charge in [-0.15, -0.1) is 0 Å². The normalized spacial score (nSPS) is 11.1. The second-order valence-corrected chi connectivity index (χ2v) is 9.56. The Morgan fingerprint density at radius 1 is 0.917 bits per heavy atom. The summed E-state index contributed by atoms with van der Waals surface area (Å²) in [6, 6.07) is 18.7. The number of hydrogen-bond donors (Lipinski definition) is 2. The number of nitrogens with one attached hydrogen (secondary N) is 2. The second kappa shape index (κ2) is 10.6. The lowest BCUT2D eigenvalue weighted by Crippen LogP contribution is -2.19. The molecule has 0 aliphatic heterocycles. The summed E-state index contributed by atoms with van der Waals surface area (Å²) in [7, 11) is 0. The number of hydrogen-bond acceptors (Lipinski definition) is 5. The fraction of sp³-hybridized carbons (Fsp3) is 0.241. The van der Waals surface area contributed by atoms with Crippen LogP contribution in [0.3, 0.4) is 0 Å². The number of urea groups is 1. The highest BCUT2D eigenvalue weighted by Crippen LogP contribution is 2.32. The number of nitrogens with zero attached hydrogens (tertiary/aromatic N) is 3. The summed E-state index contributed by atoms with van der Waals surface area (Å²) in [4.78, 5) is 25.8. The largest absolute Gasteiger partial charge is 0.438 e. The fourth-order valence-electron chi connectivity index (χ4n) is 3.68. The van der Waals surface area contributed by atoms with Crippen LogP contribution in [0.15, 0.2) is 73.1 Å². The van der Waals surface area contributed by atoms with E-state index in [0.29, 0.717) is 17.3 Å². The number of ether oxygens (including phenoxy) is 1. The number of aromatic nitrogens is 3. The molecule has 2 amide bonds. The van der Waals surface area contributed by atoms with E-state index in [1.165, 1.54) is 5.56 Å². The zero-order valence-electron chi connectivity index (χ0n) is 21.3. The quantitative estimate of drug-likeness (QED) is 0.305. The Hall–Kier alpha value is -4.26. The van der Waals surface area contributed by atoms with Gasteiger partial charge in [0, 0.05) is 30.2 Å². The number of aryl methyl sites for hydroxylation is 2. The lowest BCUT2D eigenvalue weighted by atomic mass is 9.87. The van der Waals surface area contributed by atoms with Gasteiger partial charge in [-0.25, -0.2) is 19.7 Å². The van der Waals surface area contributed by atoms with E-state index in [-0.39, 0.29) is 11.4 Å². The van der Waals surface area contributed by atoms with Gasteiger partial charge in [0.05, 0.1) is 11.3 Å². The number of anilines is 2. The van der Waals surface area contributed by atoms with Crippen LogP contribution in [0.5, 0.6) is 11.6 Å². The van der Waals surface area contributed by atoms with Gasteiger partial charge in [0.25, 0.3) is 0 Å². The maximum absolute atomic E-state index is 12.5. The molecule has 36 heavy (non-hydrogen) atoms. The lowest BCUT2D eigenvalue weighted by Gasteiger charge is -2.19. The minimum atomic E-state index is -0.311. The molecule has 0 spiro atoms. The van der Waals surface area contributed by atoms with Crippen LogP contribution in [0, 0.1) is 6.92 Å². The molecule has 184 valence electrons. The van der Waals surface area contributed by atoms with Crippen LogP contribution < -0.4 is 15.4 Å². The first-order chi connectivity index (χ1) is 17.2. The highest BCUT2D eigenvalue weighted by atomic mass is 16.5. The summed E-state index contributed by atoms with van der Waals surface area (Å²) in [5, 5.41) is 5.75. The van der Waals surface area contributed by atoms with Crippen LogP contribution in [-0.2, 0) is 11.8 Å². The summed E-state index contributed by atoms with van der Waals surface area (Å²) in [5.41, 5.74) is 5.06. The number of carbonyl (C=O) groups excluding carboxylic acids is 1. The zero-order valence-corrected chi connectivity index (χ0v) is 21.3. The predicted molar refractivity (Wildman–Crippen MR) is 144 cm³/mol. The summed E-state index contributed by atoms with van der Waals surface area (Å²) in [5.74, 6) is 1.86. The van der Waals surface area contributed by atoms with Crippen molar-refractivity contribution in [3.05, 3.63) is 90.0 Å². The van der Waals surface area contributed by atoms with E-state index >= 15 is 0 Å². The monoisotopic (exact) mass is 481 g/mol. The number of carbonyl (C=O) groups is 1. The number of amides is 2. The van der Waals surface area contributed by atoms with Gasteiger partial charge in [0.2, 0.25) is 5.88 Å². The minimum absolute atomic E-state index is 0.0609. The summed E-state index contributed by atoms with van der Waals surface area (Å²) >= 11 is 0. The average molecular weight is 482 g/mol. The molecule has 2 aromatic heterocycles. The van der Waals surface area contributed by atoms with E-state index in [2.05, 4.69) is 46.4 Å². The zero-order chi connectivity index (χ0) is 25.7. The molecule has 0 radical (unpaired) electrons. The summed E-state index contributed by atoms with van der Waals surface area (Å²) in [6.07, 6.45) is 4.17. The van der Waals surface area contributed by atoms with Crippen LogP contribution in [0.1, 0.15) is 44.6 Å². The Morgan fingerprint density at radius 3 is 2.33 bits per heavy atom. The Balaban J connectivity index is 1.45. The lowest BCUT2D eigenvalue weighted by molar-refractivity contribution is 0.262. The van der Waals surface area contributed by atoms with E-state index in [4.69, 9.17) is 4.74 Å². The molecule has 7 heteroatoms. The fourth-order valence-corrected chi connectivity index (χ4v) is 3.68. The van der Waals surface area contributed by atoms with Gasteiger partial charge in [0.15, 0.2) is 0 Å². The highest BCUT2D eigenvalue weighted by molar-refractivity contribution is 5.99. The van der Waals surface area contributed by atoms with Crippen molar-refractivity contribution in [2.24, 2.45) is 0 Å². The van der Waals surface area contributed by atoms with Crippen LogP contribution >= 0.6 is 0 Å². The Bertz CT molecular complexity index is 1360. The molecule has 0 aliphatic rings. The molecule has 0 aliphatic carbocycles. The van der Waals surface area contributed by atoms with E-state index in [9.17, 15) is 4.79 Å². The number of pyridine rings is 1. The van der Waals surface area contributed by atoms with Crippen LogP contribution in [0.2, 0.25) is 0 Å². The molecule has 2 aromatic carbocycles. The van der Waals surface area contributed by atoms with Gasteiger partial charge in [-0.3, -0.25) is 0 Å². The third-order valence-corrected chi connectivity index (χ3v) is 5.72. The van der Waals surface area contributed by atoms with Gasteiger partial charge in [-0.2, -0.15) is 0 Å². The van der Waals surface area contributed by atoms with E-state index in [1.54, 1.807) is 18.5 Å². The maximum atomic E-state index is 12.5. The molecule has 0 unspecified atom stereocenters. The molecule has 2 N–H and O–H groups in total. The van der Waals surface area contributed by atoms with Gasteiger partial charge in [-0.1, -0.05) is 39.8 Å². The van der Waals surface area contributed by atoms with Crippen molar-refractivity contribution in [2.45, 2.75) is 46.5 Å². The third-order valence-electron chi connectivity index (χ3n) is 5.72. The van der Waals surface area contributed by atoms with Gasteiger partial charge < -0.3 is 15.4 Å². The molecule has 0 fully saturated rings. The Morgan fingerprint density at radius 2 is 1.64 bits per heavy atom. The van der Waals surface area contributed by atoms with Crippen molar-refractivity contribution >= 4 is 17.4 Å². The van der Waals surface area contributed by atoms with E-state index in [1.807, 2.05) is 68.4 Å². The summed E-state index contributed by atoms with van der Waals surface area (Å²) in [6.45, 7) is 10.4. The van der Waals surface area contributed by atoms with Crippen molar-refractivity contribution in [1.29, 1.82) is 0 Å². The Labute approximate surface area is 212 Å². The maximum Gasteiger partial charge on any atom is 0.323 e. The Kier molecular flexibility index (Phi) is 7.29. The summed E-state index contributed by atoms with van der Waals surface area (Å²) < 4.78 is 6.16. The first kappa shape index (κ1) is 24.9. The average Bonchev–Trinajstić information content (AvgIpc) is 2.86. The minimum Gasteiger partial charge on any atom is -0.438 e. The molecular weight excluding hydrogens is 450 g/mol. The molecule has 0 bridgehead atoms. The van der Waals surface area contributed by atoms with Gasteiger partial charge >= 0.3 is 6.03 Å². The molecule has 4 rings (SSSR count). The molecule has 0 saturated heterocycles. The first-order valence-corrected chi connectivity index (χ1v) is 12.0. The topological polar surface area (TPSA) is 89.0 Å². The second-order valence-electron chi connectivity index (χ2n) is 9.56. The highest BCUT2D eigenvalue weighted by Gasteiger charge is 2.14. The van der Waals surface area contributed by atoms with Gasteiger partial charge in [-0.05, 0) is 72.0 Å². The van der Waals surface area contributed by atoms with Crippen LogP contribution in [-0.4, -0.2) is 21.0 Å². The van der Waals surface area contributed by atoms with Crippen molar-refractivity contribution < 1.29 is 9.53 Å². The van der Waals surface area contributed by atoms with Crippen molar-refractivity contribution in [3.63, 3.8) is 0 Å². The first-order valence-electron chi connectivity index (χ1n) is 12.0. The molecule has 2 heterocycles. The van der Waals surface area contributed by atoms with Crippen LogP contribution in [0.25, 0.3) is 11.3 Å². The predicted octanol–water partition coefficient (Wildman–Crippen LogP) is 7.14. The van der Waals surface area contributed by atoms with E-state index in [0.717, 1.165) is 34.8 Å². The molecule has 0 saturated carbocycles. The molecule has 0 atom stereocenters. The molecule has 4 aromatic rings. The van der Waals surface area contributed by atoms with Crippen LogP contribution in [0.4, 0.5) is 16.2 Å². The van der Waals surface area contributed by atoms with E-state index < -0.39 is 0 Å². The SMILES string of the molecule is CCc1nccc(-c2cccnc2Oc2ccc(NC(=O)Nc3ccc(C(C)(C)C)cc3)cc2C)n1. The number of benzene rings is 2. The molecular formula is C29H31N5O2. The number of rotatable bonds is 6. The van der Waals surface area contributed by atoms with Crippen molar-refractivity contribution in [1.82, 2.24) is 15.0 Å². The third kappa shape index (κ3) is 6.05. The van der Waals surface area contributed by atoms with Crippen molar-refractivity contribution in [2.75, 3.05) is 10.6 Å². The molecule has 7 nitrogen and oxygen atoms in total. The smallest absolute Gasteiger partial charge is 0.323 e.